The normalized spacial score (nSPS) is 19.5. The maximum Gasteiger partial charge on any atom is 0.259 e. The summed E-state index contributed by atoms with van der Waals surface area (Å²) in [6, 6.07) is 4.24. The number of halogens is 2. The molecule has 5 rings (SSSR count). The Morgan fingerprint density at radius 2 is 1.89 bits per heavy atom. The number of hydrogen-bond acceptors (Lipinski definition) is 6. The van der Waals surface area contributed by atoms with Gasteiger partial charge >= 0.3 is 0 Å². The van der Waals surface area contributed by atoms with Gasteiger partial charge in [0.15, 0.2) is 0 Å². The number of rotatable bonds is 5. The van der Waals surface area contributed by atoms with Crippen LogP contribution < -0.4 is 5.56 Å². The Labute approximate surface area is 207 Å². The van der Waals surface area contributed by atoms with Gasteiger partial charge in [-0.1, -0.05) is 19.0 Å². The van der Waals surface area contributed by atoms with Crippen LogP contribution in [0, 0.1) is 23.5 Å². The highest BCUT2D eigenvalue weighted by Crippen LogP contribution is 2.33. The van der Waals surface area contributed by atoms with Crippen molar-refractivity contribution < 1.29 is 21.7 Å². The molecule has 0 amide bonds. The van der Waals surface area contributed by atoms with E-state index in [0.717, 1.165) is 47.0 Å². The first-order chi connectivity index (χ1) is 17.1. The first kappa shape index (κ1) is 24.8. The first-order valence-corrected chi connectivity index (χ1v) is 13.6. The van der Waals surface area contributed by atoms with E-state index in [1.165, 1.54) is 0 Å². The van der Waals surface area contributed by atoms with E-state index in [0.29, 0.717) is 42.2 Å². The number of aromatic amines is 1. The molecule has 192 valence electrons. The van der Waals surface area contributed by atoms with Crippen LogP contribution in [0.25, 0.3) is 11.4 Å². The van der Waals surface area contributed by atoms with Crippen molar-refractivity contribution in [1.82, 2.24) is 19.4 Å². The molecule has 0 radical (unpaired) electrons. The largest absolute Gasteiger partial charge is 0.339 e. The van der Waals surface area contributed by atoms with Crippen LogP contribution in [-0.4, -0.2) is 40.9 Å². The molecule has 8 nitrogen and oxygen atoms in total. The Kier molecular flexibility index (Phi) is 6.54. The van der Waals surface area contributed by atoms with E-state index in [-0.39, 0.29) is 30.4 Å². The number of fused-ring (bicyclic) bond motifs is 1. The molecule has 0 saturated carbocycles. The summed E-state index contributed by atoms with van der Waals surface area (Å²) < 4.78 is 59.9. The summed E-state index contributed by atoms with van der Waals surface area (Å²) in [5.74, 6) is -0.377. The molecule has 36 heavy (non-hydrogen) atoms. The van der Waals surface area contributed by atoms with E-state index in [9.17, 15) is 22.0 Å². The van der Waals surface area contributed by atoms with Crippen LogP contribution in [-0.2, 0) is 22.9 Å². The molecule has 1 fully saturated rings. The average molecular weight is 519 g/mol. The van der Waals surface area contributed by atoms with Crippen molar-refractivity contribution >= 4 is 10.0 Å². The number of benzene rings is 1. The van der Waals surface area contributed by atoms with E-state index < -0.39 is 26.6 Å². The van der Waals surface area contributed by atoms with Crippen molar-refractivity contribution in [1.29, 1.82) is 0 Å². The SMILES string of the molecule is CC(C)C1CCc2[nH]c(=O)c(-c3noc(C4CCN(S(=O)(=O)c5cc(F)ccc5F)CC4)n3)cc2C1. The van der Waals surface area contributed by atoms with Crippen molar-refractivity contribution in [3.05, 3.63) is 63.4 Å². The minimum atomic E-state index is -4.18. The second-order valence-electron chi connectivity index (χ2n) is 9.97. The molecular weight excluding hydrogens is 490 g/mol. The first-order valence-electron chi connectivity index (χ1n) is 12.2. The van der Waals surface area contributed by atoms with Crippen molar-refractivity contribution in [3.8, 4) is 11.4 Å². The van der Waals surface area contributed by atoms with Crippen LogP contribution in [0.15, 0.2) is 38.5 Å². The lowest BCUT2D eigenvalue weighted by atomic mass is 9.80. The molecule has 11 heteroatoms. The van der Waals surface area contributed by atoms with Gasteiger partial charge in [-0.05, 0) is 73.8 Å². The van der Waals surface area contributed by atoms with Crippen molar-refractivity contribution in [3.63, 3.8) is 0 Å². The standard InChI is InChI=1S/C25H28F2N4O4S/c1-14(2)16-3-6-21-17(11-16)12-19(24(32)28-21)23-29-25(35-30-23)15-7-9-31(10-8-15)36(33,34)22-13-18(26)4-5-20(22)27/h4-5,12-16H,3,6-11H2,1-2H3,(H,28,32). The van der Waals surface area contributed by atoms with Gasteiger partial charge in [-0.3, -0.25) is 4.79 Å². The average Bonchev–Trinajstić information content (AvgIpc) is 3.35. The molecule has 2 aliphatic rings. The number of piperidine rings is 1. The van der Waals surface area contributed by atoms with Gasteiger partial charge in [-0.15, -0.1) is 0 Å². The van der Waals surface area contributed by atoms with Crippen LogP contribution in [0.1, 0.15) is 56.2 Å². The zero-order valence-electron chi connectivity index (χ0n) is 20.1. The van der Waals surface area contributed by atoms with E-state index in [1.54, 1.807) is 0 Å². The second-order valence-corrected chi connectivity index (χ2v) is 11.9. The number of nitrogens with zero attached hydrogens (tertiary/aromatic N) is 3. The smallest absolute Gasteiger partial charge is 0.259 e. The van der Waals surface area contributed by atoms with Crippen molar-refractivity contribution in [2.45, 2.75) is 56.8 Å². The molecule has 1 aliphatic carbocycles. The van der Waals surface area contributed by atoms with Gasteiger partial charge in [0.05, 0.1) is 5.56 Å². The number of sulfonamides is 1. The molecule has 1 aromatic carbocycles. The summed E-state index contributed by atoms with van der Waals surface area (Å²) in [7, 11) is -4.18. The third-order valence-corrected chi connectivity index (χ3v) is 9.32. The molecule has 3 heterocycles. The van der Waals surface area contributed by atoms with Gasteiger partial charge in [0.2, 0.25) is 21.7 Å². The Hall–Kier alpha value is -2.92. The lowest BCUT2D eigenvalue weighted by Crippen LogP contribution is -2.38. The molecule has 1 aliphatic heterocycles. The number of hydrogen-bond donors (Lipinski definition) is 1. The summed E-state index contributed by atoms with van der Waals surface area (Å²) in [4.78, 5) is 19.5. The van der Waals surface area contributed by atoms with Crippen molar-refractivity contribution in [2.75, 3.05) is 13.1 Å². The van der Waals surface area contributed by atoms with E-state index in [2.05, 4.69) is 29.0 Å². The van der Waals surface area contributed by atoms with Gasteiger partial charge < -0.3 is 9.51 Å². The number of aryl methyl sites for hydroxylation is 1. The van der Waals surface area contributed by atoms with Gasteiger partial charge in [-0.2, -0.15) is 9.29 Å². The summed E-state index contributed by atoms with van der Waals surface area (Å²) in [6.45, 7) is 4.60. The Bertz CT molecular complexity index is 1440. The molecule has 1 atom stereocenters. The predicted molar refractivity (Wildman–Crippen MR) is 128 cm³/mol. The Balaban J connectivity index is 1.31. The zero-order chi connectivity index (χ0) is 25.6. The Morgan fingerprint density at radius 3 is 2.61 bits per heavy atom. The topological polar surface area (TPSA) is 109 Å². The van der Waals surface area contributed by atoms with E-state index in [4.69, 9.17) is 4.52 Å². The van der Waals surface area contributed by atoms with Gasteiger partial charge in [0.25, 0.3) is 5.56 Å². The minimum Gasteiger partial charge on any atom is -0.339 e. The number of H-pyrrole nitrogens is 1. The quantitative estimate of drug-likeness (QED) is 0.546. The molecule has 2 aromatic heterocycles. The number of pyridine rings is 1. The predicted octanol–water partition coefficient (Wildman–Crippen LogP) is 4.03. The molecule has 1 saturated heterocycles. The van der Waals surface area contributed by atoms with Crippen LogP contribution in [0.4, 0.5) is 8.78 Å². The van der Waals surface area contributed by atoms with Crippen LogP contribution in [0.3, 0.4) is 0 Å². The molecule has 1 unspecified atom stereocenters. The number of aromatic nitrogens is 3. The van der Waals surface area contributed by atoms with Gasteiger partial charge in [0, 0.05) is 24.7 Å². The maximum absolute atomic E-state index is 14.1. The fraction of sp³-hybridized carbons (Fsp3) is 0.480. The summed E-state index contributed by atoms with van der Waals surface area (Å²) in [5, 5.41) is 4.03. The highest BCUT2D eigenvalue weighted by molar-refractivity contribution is 7.89. The minimum absolute atomic E-state index is 0.0939. The zero-order valence-corrected chi connectivity index (χ0v) is 20.9. The second kappa shape index (κ2) is 9.51. The third-order valence-electron chi connectivity index (χ3n) is 7.40. The lowest BCUT2D eigenvalue weighted by Gasteiger charge is -2.29. The van der Waals surface area contributed by atoms with E-state index >= 15 is 0 Å². The summed E-state index contributed by atoms with van der Waals surface area (Å²) >= 11 is 0. The molecule has 3 aromatic rings. The van der Waals surface area contributed by atoms with Crippen LogP contribution in [0.5, 0.6) is 0 Å². The maximum atomic E-state index is 14.1. The van der Waals surface area contributed by atoms with Crippen LogP contribution in [0.2, 0.25) is 0 Å². The van der Waals surface area contributed by atoms with E-state index in [1.807, 2.05) is 6.07 Å². The fourth-order valence-electron chi connectivity index (χ4n) is 5.13. The fourth-order valence-corrected chi connectivity index (χ4v) is 6.68. The molecule has 1 N–H and O–H groups in total. The third kappa shape index (κ3) is 4.61. The number of nitrogens with one attached hydrogen (secondary N) is 1. The van der Waals surface area contributed by atoms with Crippen LogP contribution >= 0.6 is 0 Å². The molecule has 0 spiro atoms. The molecule has 0 bridgehead atoms. The highest BCUT2D eigenvalue weighted by Gasteiger charge is 2.34. The highest BCUT2D eigenvalue weighted by atomic mass is 32.2. The Morgan fingerprint density at radius 1 is 1.14 bits per heavy atom. The van der Waals surface area contributed by atoms with Gasteiger partial charge in [-0.25, -0.2) is 17.2 Å². The van der Waals surface area contributed by atoms with Gasteiger partial charge in [0.1, 0.15) is 16.5 Å². The van der Waals surface area contributed by atoms with Crippen molar-refractivity contribution in [2.24, 2.45) is 11.8 Å². The summed E-state index contributed by atoms with van der Waals surface area (Å²) in [6.07, 6.45) is 3.52. The summed E-state index contributed by atoms with van der Waals surface area (Å²) in [5.41, 5.74) is 2.16. The molecular formula is C25H28F2N4O4S. The lowest BCUT2D eigenvalue weighted by molar-refractivity contribution is 0.270. The monoisotopic (exact) mass is 518 g/mol.